The maximum atomic E-state index is 12.2. The van der Waals surface area contributed by atoms with E-state index in [1.165, 1.54) is 0 Å². The molecule has 1 aromatic rings. The van der Waals surface area contributed by atoms with Crippen molar-refractivity contribution in [3.63, 3.8) is 0 Å². The number of ether oxygens (including phenoxy) is 2. The van der Waals surface area contributed by atoms with E-state index in [2.05, 4.69) is 27.1 Å². The first-order chi connectivity index (χ1) is 13.7. The summed E-state index contributed by atoms with van der Waals surface area (Å²) in [7, 11) is 0. The van der Waals surface area contributed by atoms with Crippen LogP contribution in [0.4, 0.5) is 10.6 Å². The molecule has 1 aliphatic heterocycles. The Hall–Kier alpha value is -1.60. The number of hydrogen-bond acceptors (Lipinski definition) is 6. The molecule has 0 radical (unpaired) electrons. The van der Waals surface area contributed by atoms with E-state index in [0.29, 0.717) is 19.1 Å². The van der Waals surface area contributed by atoms with E-state index in [1.807, 2.05) is 27.0 Å². The van der Waals surface area contributed by atoms with Gasteiger partial charge < -0.3 is 19.7 Å². The molecule has 0 aromatic carbocycles. The van der Waals surface area contributed by atoms with E-state index < -0.39 is 5.60 Å². The van der Waals surface area contributed by atoms with Crippen molar-refractivity contribution in [3.8, 4) is 0 Å². The lowest BCUT2D eigenvalue weighted by atomic mass is 9.76. The van der Waals surface area contributed by atoms with Gasteiger partial charge in [-0.25, -0.2) is 14.8 Å². The van der Waals surface area contributed by atoms with Crippen molar-refractivity contribution >= 4 is 23.5 Å². The van der Waals surface area contributed by atoms with Crippen LogP contribution < -0.4 is 10.2 Å². The summed E-state index contributed by atoms with van der Waals surface area (Å²) in [5, 5.41) is 3.33. The smallest absolute Gasteiger partial charge is 0.407 e. The Labute approximate surface area is 178 Å². The van der Waals surface area contributed by atoms with E-state index in [4.69, 9.17) is 21.1 Å². The van der Waals surface area contributed by atoms with E-state index in [-0.39, 0.29) is 23.3 Å². The topological polar surface area (TPSA) is 76.6 Å². The quantitative estimate of drug-likeness (QED) is 0.731. The molecule has 0 bridgehead atoms. The predicted octanol–water partition coefficient (Wildman–Crippen LogP) is 4.15. The lowest BCUT2D eigenvalue weighted by Crippen LogP contribution is -2.42. The van der Waals surface area contributed by atoms with Crippen molar-refractivity contribution in [3.05, 3.63) is 17.0 Å². The average molecular weight is 425 g/mol. The monoisotopic (exact) mass is 424 g/mol. The number of hydrogen-bond donors (Lipinski definition) is 1. The second-order valence-corrected chi connectivity index (χ2v) is 9.41. The fourth-order valence-electron chi connectivity index (χ4n) is 4.25. The van der Waals surface area contributed by atoms with Gasteiger partial charge in [0.05, 0.1) is 13.2 Å². The number of carbonyl (C=O) groups excluding carboxylic acids is 1. The molecule has 1 saturated heterocycles. The van der Waals surface area contributed by atoms with Gasteiger partial charge in [0, 0.05) is 30.9 Å². The van der Waals surface area contributed by atoms with Gasteiger partial charge in [-0.15, -0.1) is 0 Å². The van der Waals surface area contributed by atoms with Crippen molar-refractivity contribution in [2.75, 3.05) is 31.2 Å². The minimum atomic E-state index is -0.487. The average Bonchev–Trinajstić information content (AvgIpc) is 2.67. The van der Waals surface area contributed by atoms with Crippen LogP contribution in [0.15, 0.2) is 6.20 Å². The van der Waals surface area contributed by atoms with Gasteiger partial charge in [-0.3, -0.25) is 0 Å². The Bertz CT molecular complexity index is 704. The zero-order chi connectivity index (χ0) is 21.0. The van der Waals surface area contributed by atoms with Crippen LogP contribution in [0.1, 0.15) is 64.9 Å². The molecule has 2 heterocycles. The van der Waals surface area contributed by atoms with Crippen LogP contribution in [0.5, 0.6) is 0 Å². The summed E-state index contributed by atoms with van der Waals surface area (Å²) in [6.07, 6.45) is 5.65. The zero-order valence-corrected chi connectivity index (χ0v) is 18.7. The van der Waals surface area contributed by atoms with Crippen LogP contribution in [0.2, 0.25) is 5.28 Å². The Kier molecular flexibility index (Phi) is 7.22. The summed E-state index contributed by atoms with van der Waals surface area (Å²) in [6.45, 7) is 10.9. The zero-order valence-electron chi connectivity index (χ0n) is 17.9. The number of carbonyl (C=O) groups is 1. The van der Waals surface area contributed by atoms with Crippen molar-refractivity contribution in [2.24, 2.45) is 5.92 Å². The van der Waals surface area contributed by atoms with Crippen LogP contribution in [0.25, 0.3) is 0 Å². The minimum absolute atomic E-state index is 0.131. The van der Waals surface area contributed by atoms with Crippen LogP contribution in [0.3, 0.4) is 0 Å². The molecule has 3 atom stereocenters. The van der Waals surface area contributed by atoms with Crippen molar-refractivity contribution < 1.29 is 14.3 Å². The van der Waals surface area contributed by atoms with Gasteiger partial charge in [-0.2, -0.15) is 0 Å². The Balaban J connectivity index is 1.69. The normalized spacial score (nSPS) is 24.1. The fourth-order valence-corrected chi connectivity index (χ4v) is 4.38. The highest BCUT2D eigenvalue weighted by molar-refractivity contribution is 6.28. The number of morpholine rings is 1. The Morgan fingerprint density at radius 3 is 2.76 bits per heavy atom. The second-order valence-electron chi connectivity index (χ2n) is 9.08. The van der Waals surface area contributed by atoms with Crippen LogP contribution in [-0.4, -0.2) is 54.0 Å². The minimum Gasteiger partial charge on any atom is -0.444 e. The molecule has 8 heteroatoms. The van der Waals surface area contributed by atoms with Crippen LogP contribution >= 0.6 is 11.6 Å². The molecule has 0 spiro atoms. The molecule has 2 aliphatic rings. The number of nitrogens with zero attached hydrogens (tertiary/aromatic N) is 3. The van der Waals surface area contributed by atoms with Crippen molar-refractivity contribution in [2.45, 2.75) is 70.9 Å². The van der Waals surface area contributed by atoms with Gasteiger partial charge in [-0.05, 0) is 63.5 Å². The molecule has 3 rings (SSSR count). The maximum absolute atomic E-state index is 12.2. The molecule has 1 unspecified atom stereocenters. The SMILES string of the molecule is CC(c1cnc(Cl)nc1N1CCOCC1)[C@@H]1CCC[C@H](NC(=O)OC(C)(C)C)C1. The molecule has 162 valence electrons. The largest absolute Gasteiger partial charge is 0.444 e. The van der Waals surface area contributed by atoms with Gasteiger partial charge >= 0.3 is 6.09 Å². The second kappa shape index (κ2) is 9.47. The lowest BCUT2D eigenvalue weighted by Gasteiger charge is -2.36. The molecule has 7 nitrogen and oxygen atoms in total. The fraction of sp³-hybridized carbons (Fsp3) is 0.762. The number of halogens is 1. The van der Waals surface area contributed by atoms with Crippen molar-refractivity contribution in [1.82, 2.24) is 15.3 Å². The first-order valence-electron chi connectivity index (χ1n) is 10.6. The van der Waals surface area contributed by atoms with Gasteiger partial charge in [0.1, 0.15) is 11.4 Å². The number of nitrogens with one attached hydrogen (secondary N) is 1. The van der Waals surface area contributed by atoms with Crippen molar-refractivity contribution in [1.29, 1.82) is 0 Å². The first kappa shape index (κ1) is 22.1. The summed E-state index contributed by atoms with van der Waals surface area (Å²) in [6, 6.07) is 0.131. The number of aromatic nitrogens is 2. The Morgan fingerprint density at radius 2 is 2.07 bits per heavy atom. The first-order valence-corrected chi connectivity index (χ1v) is 11.0. The van der Waals surface area contributed by atoms with E-state index in [0.717, 1.165) is 50.2 Å². The molecule has 1 aliphatic carbocycles. The third kappa shape index (κ3) is 6.19. The highest BCUT2D eigenvalue weighted by Crippen LogP contribution is 2.39. The summed E-state index contributed by atoms with van der Waals surface area (Å²) in [4.78, 5) is 23.2. The van der Waals surface area contributed by atoms with Gasteiger partial charge in [0.25, 0.3) is 0 Å². The number of rotatable bonds is 4. The van der Waals surface area contributed by atoms with Gasteiger partial charge in [-0.1, -0.05) is 13.3 Å². The third-order valence-corrected chi connectivity index (χ3v) is 5.89. The molecular weight excluding hydrogens is 392 g/mol. The standard InChI is InChI=1S/C21H33ClN4O3/c1-14(15-6-5-7-16(12-15)24-20(27)29-21(2,3)4)17-13-23-19(22)25-18(17)26-8-10-28-11-9-26/h13-16H,5-12H2,1-4H3,(H,24,27)/t14?,15-,16+/m1/s1. The summed E-state index contributed by atoms with van der Waals surface area (Å²) < 4.78 is 10.9. The summed E-state index contributed by atoms with van der Waals surface area (Å²) >= 11 is 6.12. The molecule has 1 aromatic heterocycles. The predicted molar refractivity (Wildman–Crippen MR) is 114 cm³/mol. The van der Waals surface area contributed by atoms with Crippen LogP contribution in [-0.2, 0) is 9.47 Å². The molecular formula is C21H33ClN4O3. The van der Waals surface area contributed by atoms with Gasteiger partial charge in [0.2, 0.25) is 5.28 Å². The highest BCUT2D eigenvalue weighted by atomic mass is 35.5. The molecule has 1 saturated carbocycles. The lowest BCUT2D eigenvalue weighted by molar-refractivity contribution is 0.0482. The van der Waals surface area contributed by atoms with E-state index >= 15 is 0 Å². The molecule has 1 amide bonds. The Morgan fingerprint density at radius 1 is 1.34 bits per heavy atom. The number of amides is 1. The number of alkyl carbamates (subject to hydrolysis) is 1. The molecule has 2 fully saturated rings. The maximum Gasteiger partial charge on any atom is 0.407 e. The van der Waals surface area contributed by atoms with E-state index in [9.17, 15) is 4.79 Å². The van der Waals surface area contributed by atoms with Crippen LogP contribution in [0, 0.1) is 5.92 Å². The summed E-state index contributed by atoms with van der Waals surface area (Å²) in [5.74, 6) is 1.63. The molecule has 1 N–H and O–H groups in total. The van der Waals surface area contributed by atoms with Gasteiger partial charge in [0.15, 0.2) is 0 Å². The third-order valence-electron chi connectivity index (χ3n) is 5.71. The molecule has 29 heavy (non-hydrogen) atoms. The van der Waals surface area contributed by atoms with E-state index in [1.54, 1.807) is 0 Å². The summed E-state index contributed by atoms with van der Waals surface area (Å²) in [5.41, 5.74) is 0.637. The number of anilines is 1. The highest BCUT2D eigenvalue weighted by Gasteiger charge is 2.31.